The van der Waals surface area contributed by atoms with Crippen LogP contribution in [0.1, 0.15) is 25.0 Å². The monoisotopic (exact) mass is 565 g/mol. The zero-order valence-corrected chi connectivity index (χ0v) is 23.8. The number of carbonyl (C=O) groups excluding carboxylic acids is 2. The van der Waals surface area contributed by atoms with Gasteiger partial charge in [-0.1, -0.05) is 74.5 Å². The second kappa shape index (κ2) is 12.9. The van der Waals surface area contributed by atoms with Gasteiger partial charge in [-0.3, -0.25) is 13.9 Å². The summed E-state index contributed by atoms with van der Waals surface area (Å²) < 4.78 is 37.7. The Bertz CT molecular complexity index is 1410. The van der Waals surface area contributed by atoms with E-state index in [4.69, 9.17) is 9.47 Å². The normalized spacial score (nSPS) is 13.1. The number of fused-ring (bicyclic) bond motifs is 1. The van der Waals surface area contributed by atoms with Crippen molar-refractivity contribution in [3.8, 4) is 11.5 Å². The highest BCUT2D eigenvalue weighted by atomic mass is 32.2. The van der Waals surface area contributed by atoms with Crippen LogP contribution in [0.2, 0.25) is 0 Å². The molecular weight excluding hydrogens is 530 g/mol. The summed E-state index contributed by atoms with van der Waals surface area (Å²) >= 11 is 0. The quantitative estimate of drug-likeness (QED) is 0.360. The second-order valence-electron chi connectivity index (χ2n) is 10.2. The molecule has 0 aliphatic carbocycles. The first-order valence-corrected chi connectivity index (χ1v) is 15.0. The highest BCUT2D eigenvalue weighted by Gasteiger charge is 2.33. The van der Waals surface area contributed by atoms with Crippen LogP contribution in [0, 0.1) is 5.92 Å². The van der Waals surface area contributed by atoms with E-state index in [1.165, 1.54) is 11.0 Å². The summed E-state index contributed by atoms with van der Waals surface area (Å²) in [5, 5.41) is 2.97. The highest BCUT2D eigenvalue weighted by molar-refractivity contribution is 7.92. The van der Waals surface area contributed by atoms with Gasteiger partial charge in [-0.05, 0) is 29.2 Å². The lowest BCUT2D eigenvalue weighted by Crippen LogP contribution is -2.53. The second-order valence-corrected chi connectivity index (χ2v) is 12.1. The van der Waals surface area contributed by atoms with Gasteiger partial charge in [0.05, 0.1) is 11.9 Å². The number of rotatable bonds is 12. The van der Waals surface area contributed by atoms with Gasteiger partial charge >= 0.3 is 0 Å². The van der Waals surface area contributed by atoms with Gasteiger partial charge in [0.25, 0.3) is 0 Å². The van der Waals surface area contributed by atoms with Crippen molar-refractivity contribution in [3.63, 3.8) is 0 Å². The Morgan fingerprint density at radius 2 is 1.52 bits per heavy atom. The molecule has 0 saturated carbocycles. The van der Waals surface area contributed by atoms with Gasteiger partial charge in [0, 0.05) is 25.6 Å². The first kappa shape index (κ1) is 28.9. The maximum Gasteiger partial charge on any atom is 0.244 e. The lowest BCUT2D eigenvalue weighted by molar-refractivity contribution is -0.140. The molecule has 0 fully saturated rings. The zero-order chi connectivity index (χ0) is 28.7. The van der Waals surface area contributed by atoms with Gasteiger partial charge in [-0.25, -0.2) is 8.42 Å². The molecule has 10 heteroatoms. The summed E-state index contributed by atoms with van der Waals surface area (Å²) in [6.07, 6.45) is 1.31. The minimum atomic E-state index is -3.87. The molecule has 40 heavy (non-hydrogen) atoms. The van der Waals surface area contributed by atoms with Crippen LogP contribution in [-0.2, 0) is 32.6 Å². The zero-order valence-electron chi connectivity index (χ0n) is 22.9. The predicted molar refractivity (Wildman–Crippen MR) is 154 cm³/mol. The van der Waals surface area contributed by atoms with Gasteiger partial charge in [-0.15, -0.1) is 0 Å². The van der Waals surface area contributed by atoms with Crippen LogP contribution in [0.4, 0.5) is 5.69 Å². The Labute approximate surface area is 235 Å². The van der Waals surface area contributed by atoms with Crippen molar-refractivity contribution in [2.45, 2.75) is 32.9 Å². The molecule has 3 aromatic rings. The first-order valence-electron chi connectivity index (χ1n) is 13.1. The van der Waals surface area contributed by atoms with Crippen molar-refractivity contribution in [3.05, 3.63) is 90.0 Å². The Hall–Kier alpha value is -4.05. The fraction of sp³-hybridized carbons (Fsp3) is 0.333. The Morgan fingerprint density at radius 3 is 2.15 bits per heavy atom. The van der Waals surface area contributed by atoms with Gasteiger partial charge in [0.2, 0.25) is 28.6 Å². The smallest absolute Gasteiger partial charge is 0.244 e. The fourth-order valence-corrected chi connectivity index (χ4v) is 5.25. The van der Waals surface area contributed by atoms with Crippen molar-refractivity contribution in [2.75, 3.05) is 30.4 Å². The number of benzene rings is 3. The third kappa shape index (κ3) is 7.53. The van der Waals surface area contributed by atoms with Crippen LogP contribution in [0.25, 0.3) is 0 Å². The fourth-order valence-electron chi connectivity index (χ4n) is 4.41. The third-order valence-electron chi connectivity index (χ3n) is 6.47. The van der Waals surface area contributed by atoms with Crippen molar-refractivity contribution in [1.82, 2.24) is 10.2 Å². The van der Waals surface area contributed by atoms with E-state index in [-0.39, 0.29) is 37.3 Å². The van der Waals surface area contributed by atoms with E-state index in [1.807, 2.05) is 74.5 Å². The molecular formula is C30H35N3O6S. The number of anilines is 1. The average Bonchev–Trinajstić information content (AvgIpc) is 3.40. The molecule has 0 bridgehead atoms. The lowest BCUT2D eigenvalue weighted by atomic mass is 10.0. The van der Waals surface area contributed by atoms with E-state index in [9.17, 15) is 18.0 Å². The van der Waals surface area contributed by atoms with Crippen molar-refractivity contribution in [1.29, 1.82) is 0 Å². The molecule has 1 aliphatic rings. The van der Waals surface area contributed by atoms with E-state index in [0.717, 1.165) is 21.7 Å². The third-order valence-corrected chi connectivity index (χ3v) is 7.62. The van der Waals surface area contributed by atoms with Crippen LogP contribution in [0.15, 0.2) is 78.9 Å². The summed E-state index contributed by atoms with van der Waals surface area (Å²) in [4.78, 5) is 29.1. The van der Waals surface area contributed by atoms with Gasteiger partial charge in [0.15, 0.2) is 11.5 Å². The molecule has 0 unspecified atom stereocenters. The molecule has 0 spiro atoms. The van der Waals surface area contributed by atoms with Gasteiger partial charge < -0.3 is 19.7 Å². The summed E-state index contributed by atoms with van der Waals surface area (Å²) in [7, 11) is -3.87. The summed E-state index contributed by atoms with van der Waals surface area (Å²) in [5.74, 6) is 0.309. The van der Waals surface area contributed by atoms with E-state index in [1.54, 1.807) is 12.1 Å². The molecule has 2 amide bonds. The molecule has 1 heterocycles. The molecule has 1 aliphatic heterocycles. The Morgan fingerprint density at radius 1 is 0.900 bits per heavy atom. The molecule has 4 rings (SSSR count). The molecule has 0 saturated heterocycles. The molecule has 0 radical (unpaired) electrons. The van der Waals surface area contributed by atoms with Crippen LogP contribution in [0.5, 0.6) is 11.5 Å². The number of ether oxygens (including phenoxy) is 2. The highest BCUT2D eigenvalue weighted by Crippen LogP contribution is 2.36. The van der Waals surface area contributed by atoms with Crippen LogP contribution in [0.3, 0.4) is 0 Å². The largest absolute Gasteiger partial charge is 0.454 e. The molecule has 212 valence electrons. The average molecular weight is 566 g/mol. The number of sulfonamides is 1. The lowest BCUT2D eigenvalue weighted by Gasteiger charge is -2.33. The first-order chi connectivity index (χ1) is 19.1. The molecule has 1 atom stereocenters. The van der Waals surface area contributed by atoms with Crippen molar-refractivity contribution >= 4 is 27.5 Å². The van der Waals surface area contributed by atoms with E-state index >= 15 is 0 Å². The van der Waals surface area contributed by atoms with Crippen LogP contribution >= 0.6 is 0 Å². The summed E-state index contributed by atoms with van der Waals surface area (Å²) in [6.45, 7) is 4.11. The number of carbonyl (C=O) groups is 2. The number of amides is 2. The van der Waals surface area contributed by atoms with Gasteiger partial charge in [-0.2, -0.15) is 0 Å². The SMILES string of the molecule is CC(C)CNC(=O)[C@@H](Cc1ccccc1)N(Cc1ccccc1)C(=O)CN(c1ccc2c(c1)OCO2)S(C)(=O)=O. The predicted octanol–water partition coefficient (Wildman–Crippen LogP) is 3.59. The Kier molecular flexibility index (Phi) is 9.31. The number of hydrogen-bond acceptors (Lipinski definition) is 6. The summed E-state index contributed by atoms with van der Waals surface area (Å²) in [6, 6.07) is 22.7. The van der Waals surface area contributed by atoms with Crippen molar-refractivity contribution in [2.24, 2.45) is 5.92 Å². The minimum absolute atomic E-state index is 0.0358. The minimum Gasteiger partial charge on any atom is -0.454 e. The van der Waals surface area contributed by atoms with Gasteiger partial charge in [0.1, 0.15) is 12.6 Å². The van der Waals surface area contributed by atoms with E-state index in [0.29, 0.717) is 18.0 Å². The molecule has 1 N–H and O–H groups in total. The van der Waals surface area contributed by atoms with Crippen LogP contribution in [-0.4, -0.2) is 57.3 Å². The number of nitrogens with zero attached hydrogens (tertiary/aromatic N) is 2. The maximum atomic E-state index is 14.1. The standard InChI is InChI=1S/C30H35N3O6S/c1-22(2)18-31-30(35)26(16-23-10-6-4-7-11-23)32(19-24-12-8-5-9-13-24)29(34)20-33(40(3,36)37)25-14-15-27-28(17-25)39-21-38-27/h4-15,17,22,26H,16,18-21H2,1-3H3,(H,31,35)/t26-/m1/s1. The Balaban J connectivity index is 1.70. The maximum absolute atomic E-state index is 14.1. The van der Waals surface area contributed by atoms with Crippen molar-refractivity contribution < 1.29 is 27.5 Å². The number of hydrogen-bond donors (Lipinski definition) is 1. The molecule has 9 nitrogen and oxygen atoms in total. The topological polar surface area (TPSA) is 105 Å². The van der Waals surface area contributed by atoms with E-state index < -0.39 is 28.5 Å². The van der Waals surface area contributed by atoms with E-state index in [2.05, 4.69) is 5.32 Å². The number of nitrogens with one attached hydrogen (secondary N) is 1. The molecule has 3 aromatic carbocycles. The summed E-state index contributed by atoms with van der Waals surface area (Å²) in [5.41, 5.74) is 1.97. The van der Waals surface area contributed by atoms with Crippen LogP contribution < -0.4 is 19.1 Å². The molecule has 0 aromatic heterocycles.